The maximum absolute atomic E-state index is 14.2. The first-order valence-corrected chi connectivity index (χ1v) is 15.2. The third-order valence-corrected chi connectivity index (χ3v) is 8.93. The molecule has 0 fully saturated rings. The summed E-state index contributed by atoms with van der Waals surface area (Å²) in [6, 6.07) is 12.0. The van der Waals surface area contributed by atoms with E-state index in [1.54, 1.807) is 49.8 Å². The molecule has 234 valence electrons. The summed E-state index contributed by atoms with van der Waals surface area (Å²) in [5, 5.41) is 0. The van der Waals surface area contributed by atoms with Crippen LogP contribution in [0, 0.1) is 20.8 Å². The molecular weight excluding hydrogens is 594 g/mol. The van der Waals surface area contributed by atoms with E-state index >= 15 is 0 Å². The van der Waals surface area contributed by atoms with Crippen LogP contribution in [0.5, 0.6) is 11.5 Å². The van der Waals surface area contributed by atoms with Crippen molar-refractivity contribution >= 4 is 29.4 Å². The third-order valence-electron chi connectivity index (χ3n) is 7.95. The van der Waals surface area contributed by atoms with E-state index in [0.717, 1.165) is 28.2 Å². The van der Waals surface area contributed by atoms with Crippen LogP contribution >= 0.6 is 11.3 Å². The fourth-order valence-corrected chi connectivity index (χ4v) is 6.81. The van der Waals surface area contributed by atoms with Gasteiger partial charge in [0.1, 0.15) is 0 Å². The lowest BCUT2D eigenvalue weighted by molar-refractivity contribution is -0.139. The van der Waals surface area contributed by atoms with Crippen LogP contribution in [-0.2, 0) is 14.3 Å². The minimum Gasteiger partial charge on any atom is -0.493 e. The molecule has 0 spiro atoms. The lowest BCUT2D eigenvalue weighted by Crippen LogP contribution is -2.40. The lowest BCUT2D eigenvalue weighted by atomic mass is 9.95. The number of carbonyl (C=O) groups is 2. The van der Waals surface area contributed by atoms with Gasteiger partial charge in [-0.05, 0) is 87.7 Å². The van der Waals surface area contributed by atoms with Gasteiger partial charge in [0.25, 0.3) is 5.56 Å². The highest BCUT2D eigenvalue weighted by Gasteiger charge is 2.34. The Morgan fingerprint density at radius 2 is 1.71 bits per heavy atom. The number of carbonyl (C=O) groups excluding carboxylic acids is 2. The molecule has 45 heavy (non-hydrogen) atoms. The Labute approximate surface area is 264 Å². The van der Waals surface area contributed by atoms with Gasteiger partial charge in [-0.2, -0.15) is 0 Å². The fourth-order valence-electron chi connectivity index (χ4n) is 5.77. The smallest absolute Gasteiger partial charge is 0.338 e. The number of allylic oxidation sites excluding steroid dienone is 1. The van der Waals surface area contributed by atoms with E-state index in [1.807, 2.05) is 45.0 Å². The van der Waals surface area contributed by atoms with Gasteiger partial charge in [0.2, 0.25) is 0 Å². The van der Waals surface area contributed by atoms with Crippen molar-refractivity contribution in [3.63, 3.8) is 0 Å². The van der Waals surface area contributed by atoms with Gasteiger partial charge in [-0.15, -0.1) is 0 Å². The number of ether oxygens (including phenoxy) is 4. The van der Waals surface area contributed by atoms with Gasteiger partial charge >= 0.3 is 11.9 Å². The minimum absolute atomic E-state index is 0.177. The monoisotopic (exact) mass is 629 g/mol. The summed E-state index contributed by atoms with van der Waals surface area (Å²) in [5.74, 6) is 0.0457. The molecule has 0 unspecified atom stereocenters. The number of thiazole rings is 1. The number of hydrogen-bond acceptors (Lipinski definition) is 9. The van der Waals surface area contributed by atoms with Crippen LogP contribution in [-0.4, -0.2) is 49.0 Å². The Hall–Kier alpha value is -4.90. The third kappa shape index (κ3) is 5.48. The number of benzene rings is 2. The van der Waals surface area contributed by atoms with E-state index < -0.39 is 18.0 Å². The van der Waals surface area contributed by atoms with Crippen molar-refractivity contribution in [3.05, 3.63) is 107 Å². The van der Waals surface area contributed by atoms with Gasteiger partial charge in [-0.3, -0.25) is 9.36 Å². The largest absolute Gasteiger partial charge is 0.493 e. The second-order valence-electron chi connectivity index (χ2n) is 10.5. The van der Waals surface area contributed by atoms with Gasteiger partial charge in [-0.1, -0.05) is 23.5 Å². The van der Waals surface area contributed by atoms with E-state index in [0.29, 0.717) is 37.7 Å². The topological polar surface area (TPSA) is 110 Å². The molecule has 3 heterocycles. The number of nitrogens with zero attached hydrogens (tertiary/aromatic N) is 3. The molecule has 10 nitrogen and oxygen atoms in total. The van der Waals surface area contributed by atoms with E-state index in [1.165, 1.54) is 25.6 Å². The molecule has 1 aliphatic rings. The van der Waals surface area contributed by atoms with Crippen molar-refractivity contribution in [3.8, 4) is 17.2 Å². The van der Waals surface area contributed by atoms with Crippen LogP contribution in [0.3, 0.4) is 0 Å². The maximum atomic E-state index is 14.2. The summed E-state index contributed by atoms with van der Waals surface area (Å²) >= 11 is 1.25. The number of rotatable bonds is 8. The van der Waals surface area contributed by atoms with Crippen LogP contribution in [0.1, 0.15) is 58.3 Å². The summed E-state index contributed by atoms with van der Waals surface area (Å²) in [6.07, 6.45) is 1.84. The van der Waals surface area contributed by atoms with Crippen molar-refractivity contribution in [2.75, 3.05) is 27.9 Å². The minimum atomic E-state index is -0.793. The molecule has 2 aromatic carbocycles. The molecule has 0 radical (unpaired) electrons. The van der Waals surface area contributed by atoms with Crippen molar-refractivity contribution in [1.82, 2.24) is 9.13 Å². The molecular formula is C34H35N3O7S. The average molecular weight is 630 g/mol. The highest BCUT2D eigenvalue weighted by atomic mass is 32.1. The molecule has 5 rings (SSSR count). The first-order chi connectivity index (χ1) is 21.6. The fraction of sp³-hybridized carbons (Fsp3) is 0.294. The summed E-state index contributed by atoms with van der Waals surface area (Å²) in [4.78, 5) is 45.0. The molecule has 0 amide bonds. The molecule has 11 heteroatoms. The SMILES string of the molecule is CCOC(=O)C1=C(C)N=c2s/c(=C/c3cc(C)n(-c4cccc(C(=O)OC)c4C)c3C)c(=O)n2[C@@H]1c1ccc(OC)c(OC)c1. The van der Waals surface area contributed by atoms with Crippen LogP contribution in [0.15, 0.2) is 63.5 Å². The van der Waals surface area contributed by atoms with Gasteiger partial charge in [-0.25, -0.2) is 14.6 Å². The quantitative estimate of drug-likeness (QED) is 0.267. The number of aryl methyl sites for hydroxylation is 1. The lowest BCUT2D eigenvalue weighted by Gasteiger charge is -2.25. The zero-order valence-corrected chi connectivity index (χ0v) is 27.3. The maximum Gasteiger partial charge on any atom is 0.338 e. The summed E-state index contributed by atoms with van der Waals surface area (Å²) in [7, 11) is 4.44. The number of fused-ring (bicyclic) bond motifs is 1. The van der Waals surface area contributed by atoms with E-state index in [-0.39, 0.29) is 17.7 Å². The second kappa shape index (κ2) is 12.6. The van der Waals surface area contributed by atoms with Crippen molar-refractivity contribution in [2.24, 2.45) is 4.99 Å². The summed E-state index contributed by atoms with van der Waals surface area (Å²) < 4.78 is 25.4. The summed E-state index contributed by atoms with van der Waals surface area (Å²) in [6.45, 7) is 9.48. The first kappa shape index (κ1) is 31.5. The normalized spacial score (nSPS) is 14.6. The molecule has 0 aliphatic carbocycles. The van der Waals surface area contributed by atoms with Crippen molar-refractivity contribution in [1.29, 1.82) is 0 Å². The molecule has 0 bridgehead atoms. The Kier molecular flexibility index (Phi) is 8.83. The first-order valence-electron chi connectivity index (χ1n) is 14.3. The van der Waals surface area contributed by atoms with Crippen LogP contribution in [0.25, 0.3) is 11.8 Å². The van der Waals surface area contributed by atoms with E-state index in [4.69, 9.17) is 18.9 Å². The zero-order chi connectivity index (χ0) is 32.6. The predicted octanol–water partition coefficient (Wildman–Crippen LogP) is 4.32. The number of methoxy groups -OCH3 is 3. The van der Waals surface area contributed by atoms with Crippen molar-refractivity contribution < 1.29 is 28.5 Å². The molecule has 2 aromatic heterocycles. The van der Waals surface area contributed by atoms with Gasteiger partial charge in [0.05, 0.1) is 55.3 Å². The zero-order valence-electron chi connectivity index (χ0n) is 26.5. The molecule has 0 saturated carbocycles. The van der Waals surface area contributed by atoms with E-state index in [2.05, 4.69) is 9.56 Å². The van der Waals surface area contributed by atoms with Crippen LogP contribution < -0.4 is 24.4 Å². The number of hydrogen-bond donors (Lipinski definition) is 0. The standard InChI is InChI=1S/C34H35N3O7S/c1-9-44-33(40)29-20(4)35-34-37(30(29)22-13-14-26(41-6)27(16-22)42-7)31(38)28(45-34)17-23-15-18(2)36(21(23)5)25-12-10-11-24(19(25)3)32(39)43-8/h10-17,30H,9H2,1-8H3/b28-17+/t30-/m1/s1. The predicted molar refractivity (Wildman–Crippen MR) is 171 cm³/mol. The Balaban J connectivity index is 1.70. The summed E-state index contributed by atoms with van der Waals surface area (Å²) in [5.41, 5.74) is 5.89. The Bertz CT molecular complexity index is 2050. The highest BCUT2D eigenvalue weighted by Crippen LogP contribution is 2.36. The van der Waals surface area contributed by atoms with E-state index in [9.17, 15) is 14.4 Å². The van der Waals surface area contributed by atoms with Crippen molar-refractivity contribution in [2.45, 2.75) is 40.7 Å². The number of esters is 2. The van der Waals surface area contributed by atoms with Gasteiger partial charge in [0.15, 0.2) is 16.3 Å². The number of aromatic nitrogens is 2. The molecule has 4 aromatic rings. The average Bonchev–Trinajstić information content (AvgIpc) is 3.48. The van der Waals surface area contributed by atoms with Gasteiger partial charge in [0, 0.05) is 17.1 Å². The van der Waals surface area contributed by atoms with Gasteiger partial charge < -0.3 is 23.5 Å². The second-order valence-corrected chi connectivity index (χ2v) is 11.5. The molecule has 1 atom stereocenters. The molecule has 0 N–H and O–H groups in total. The highest BCUT2D eigenvalue weighted by molar-refractivity contribution is 7.07. The van der Waals surface area contributed by atoms with Crippen LogP contribution in [0.2, 0.25) is 0 Å². The Morgan fingerprint density at radius 1 is 0.978 bits per heavy atom. The molecule has 1 aliphatic heterocycles. The van der Waals surface area contributed by atoms with Crippen LogP contribution in [0.4, 0.5) is 0 Å². The Morgan fingerprint density at radius 3 is 2.38 bits per heavy atom. The molecule has 0 saturated heterocycles.